The van der Waals surface area contributed by atoms with Crippen LogP contribution in [0.1, 0.15) is 44.0 Å². The van der Waals surface area contributed by atoms with Gasteiger partial charge in [0, 0.05) is 36.3 Å². The first-order chi connectivity index (χ1) is 14.0. The third-order valence-electron chi connectivity index (χ3n) is 4.45. The van der Waals surface area contributed by atoms with E-state index in [-0.39, 0.29) is 29.4 Å². The molecule has 0 spiro atoms. The number of nitrogens with one attached hydrogen (secondary N) is 2. The molecule has 30 heavy (non-hydrogen) atoms. The number of hydrogen-bond acceptors (Lipinski definition) is 4. The lowest BCUT2D eigenvalue weighted by Crippen LogP contribution is -2.38. The molecule has 0 saturated heterocycles. The number of thiazole rings is 1. The minimum atomic E-state index is 0. The lowest BCUT2D eigenvalue weighted by Gasteiger charge is -2.14. The second-order valence-electron chi connectivity index (χ2n) is 7.87. The average Bonchev–Trinajstić information content (AvgIpc) is 3.38. The summed E-state index contributed by atoms with van der Waals surface area (Å²) in [6.07, 6.45) is 4.66. The number of halogens is 1. The van der Waals surface area contributed by atoms with Gasteiger partial charge in [0.1, 0.15) is 5.01 Å². The van der Waals surface area contributed by atoms with E-state index < -0.39 is 0 Å². The van der Waals surface area contributed by atoms with Crippen molar-refractivity contribution in [2.45, 2.75) is 46.1 Å². The highest BCUT2D eigenvalue weighted by Crippen LogP contribution is 2.24. The van der Waals surface area contributed by atoms with Crippen LogP contribution in [0.4, 0.5) is 0 Å². The van der Waals surface area contributed by atoms with Crippen molar-refractivity contribution in [1.82, 2.24) is 25.4 Å². The fraction of sp³-hybridized carbons (Fsp3) is 0.409. The molecule has 0 bridgehead atoms. The van der Waals surface area contributed by atoms with E-state index in [9.17, 15) is 0 Å². The smallest absolute Gasteiger partial charge is 0.191 e. The Labute approximate surface area is 200 Å². The van der Waals surface area contributed by atoms with Crippen LogP contribution in [0.15, 0.2) is 53.1 Å². The largest absolute Gasteiger partial charge is 0.357 e. The molecule has 0 fully saturated rings. The molecule has 0 saturated carbocycles. The highest BCUT2D eigenvalue weighted by Gasteiger charge is 2.17. The van der Waals surface area contributed by atoms with Crippen LogP contribution in [0.3, 0.4) is 0 Å². The van der Waals surface area contributed by atoms with Gasteiger partial charge in [-0.2, -0.15) is 5.10 Å². The molecule has 0 radical (unpaired) electrons. The number of nitrogens with zero attached hydrogens (tertiary/aromatic N) is 4. The van der Waals surface area contributed by atoms with Gasteiger partial charge in [-0.25, -0.2) is 14.7 Å². The van der Waals surface area contributed by atoms with E-state index in [0.717, 1.165) is 41.9 Å². The van der Waals surface area contributed by atoms with Crippen molar-refractivity contribution in [3.05, 3.63) is 64.4 Å². The van der Waals surface area contributed by atoms with Gasteiger partial charge < -0.3 is 10.6 Å². The molecule has 0 aliphatic rings. The summed E-state index contributed by atoms with van der Waals surface area (Å²) in [5, 5.41) is 14.2. The van der Waals surface area contributed by atoms with E-state index in [1.165, 1.54) is 5.56 Å². The first-order valence-corrected chi connectivity index (χ1v) is 10.9. The van der Waals surface area contributed by atoms with Crippen LogP contribution >= 0.6 is 35.3 Å². The summed E-state index contributed by atoms with van der Waals surface area (Å²) < 4.78 is 1.86. The molecule has 3 aromatic rings. The Balaban J connectivity index is 0.00000320. The molecule has 2 heterocycles. The van der Waals surface area contributed by atoms with Crippen LogP contribution < -0.4 is 10.6 Å². The summed E-state index contributed by atoms with van der Waals surface area (Å²) in [6, 6.07) is 10.4. The van der Waals surface area contributed by atoms with Gasteiger partial charge in [-0.1, -0.05) is 32.9 Å². The van der Waals surface area contributed by atoms with Gasteiger partial charge in [0.2, 0.25) is 0 Å². The zero-order valence-electron chi connectivity index (χ0n) is 18.1. The zero-order chi connectivity index (χ0) is 20.7. The molecule has 0 amide bonds. The molecule has 162 valence electrons. The van der Waals surface area contributed by atoms with E-state index in [1.807, 2.05) is 16.9 Å². The zero-order valence-corrected chi connectivity index (χ0v) is 21.2. The molecule has 3 rings (SSSR count). The molecular formula is C22H31IN6S. The number of guanidine groups is 1. The first kappa shape index (κ1) is 24.3. The van der Waals surface area contributed by atoms with Gasteiger partial charge in [0.05, 0.1) is 17.9 Å². The second-order valence-corrected chi connectivity index (χ2v) is 8.81. The second kappa shape index (κ2) is 11.5. The summed E-state index contributed by atoms with van der Waals surface area (Å²) >= 11 is 1.68. The van der Waals surface area contributed by atoms with Crippen LogP contribution in [0, 0.1) is 0 Å². The molecule has 6 nitrogen and oxygen atoms in total. The van der Waals surface area contributed by atoms with Crippen LogP contribution in [-0.4, -0.2) is 33.8 Å². The Kier molecular flexibility index (Phi) is 9.29. The molecule has 0 atom stereocenters. The van der Waals surface area contributed by atoms with E-state index >= 15 is 0 Å². The first-order valence-electron chi connectivity index (χ1n) is 10.0. The van der Waals surface area contributed by atoms with Gasteiger partial charge >= 0.3 is 0 Å². The van der Waals surface area contributed by atoms with Crippen LogP contribution in [-0.2, 0) is 18.4 Å². The average molecular weight is 539 g/mol. The Morgan fingerprint density at radius 2 is 1.93 bits per heavy atom. The molecule has 1 aromatic carbocycles. The van der Waals surface area contributed by atoms with Crippen molar-refractivity contribution >= 4 is 41.3 Å². The third-order valence-corrected chi connectivity index (χ3v) is 5.28. The van der Waals surface area contributed by atoms with Gasteiger partial charge in [-0.05, 0) is 37.1 Å². The van der Waals surface area contributed by atoms with Crippen molar-refractivity contribution in [1.29, 1.82) is 0 Å². The minimum Gasteiger partial charge on any atom is -0.357 e. The van der Waals surface area contributed by atoms with Crippen molar-refractivity contribution in [3.8, 4) is 5.69 Å². The number of rotatable bonds is 7. The normalized spacial score (nSPS) is 11.8. The molecule has 0 aliphatic carbocycles. The Morgan fingerprint density at radius 3 is 2.53 bits per heavy atom. The van der Waals surface area contributed by atoms with Crippen molar-refractivity contribution in [2.75, 3.05) is 13.1 Å². The summed E-state index contributed by atoms with van der Waals surface area (Å²) in [5.74, 6) is 0.827. The standard InChI is InChI=1S/C22H30N6S.HI/c1-5-23-21(25-15-20-27-19(16-29-20)22(2,3)4)24-13-11-17-7-9-18(10-8-17)28-14-6-12-26-28;/h6-10,12,14,16H,5,11,13,15H2,1-4H3,(H2,23,24,25);1H. The number of aliphatic imine (C=N–C) groups is 1. The summed E-state index contributed by atoms with van der Waals surface area (Å²) in [5.41, 5.74) is 3.55. The Hall–Kier alpha value is -1.94. The SMILES string of the molecule is CCNC(=NCc1nc(C(C)(C)C)cs1)NCCc1ccc(-n2cccn2)cc1.I. The monoisotopic (exact) mass is 538 g/mol. The van der Waals surface area contributed by atoms with E-state index in [4.69, 9.17) is 4.98 Å². The molecule has 8 heteroatoms. The lowest BCUT2D eigenvalue weighted by atomic mass is 9.93. The Bertz CT molecular complexity index is 910. The van der Waals surface area contributed by atoms with Gasteiger partial charge in [-0.3, -0.25) is 0 Å². The minimum absolute atomic E-state index is 0. The highest BCUT2D eigenvalue weighted by atomic mass is 127. The van der Waals surface area contributed by atoms with Crippen LogP contribution in [0.5, 0.6) is 0 Å². The van der Waals surface area contributed by atoms with Crippen LogP contribution in [0.25, 0.3) is 5.69 Å². The molecule has 0 unspecified atom stereocenters. The predicted octanol–water partition coefficient (Wildman–Crippen LogP) is 4.54. The third kappa shape index (κ3) is 7.09. The molecule has 0 aliphatic heterocycles. The van der Waals surface area contributed by atoms with E-state index in [2.05, 4.69) is 78.1 Å². The summed E-state index contributed by atoms with van der Waals surface area (Å²) in [7, 11) is 0. The van der Waals surface area contributed by atoms with E-state index in [0.29, 0.717) is 6.54 Å². The molecular weight excluding hydrogens is 507 g/mol. The number of benzene rings is 1. The van der Waals surface area contributed by atoms with Gasteiger partial charge in [0.25, 0.3) is 0 Å². The fourth-order valence-corrected chi connectivity index (χ4v) is 3.72. The number of aromatic nitrogens is 3. The van der Waals surface area contributed by atoms with E-state index in [1.54, 1.807) is 17.5 Å². The fourth-order valence-electron chi connectivity index (χ4n) is 2.78. The molecule has 2 N–H and O–H groups in total. The maximum atomic E-state index is 4.72. The van der Waals surface area contributed by atoms with Crippen LogP contribution in [0.2, 0.25) is 0 Å². The van der Waals surface area contributed by atoms with Gasteiger partial charge in [-0.15, -0.1) is 35.3 Å². The summed E-state index contributed by atoms with van der Waals surface area (Å²) in [6.45, 7) is 10.9. The highest BCUT2D eigenvalue weighted by molar-refractivity contribution is 14.0. The lowest BCUT2D eigenvalue weighted by molar-refractivity contribution is 0.571. The van der Waals surface area contributed by atoms with Crippen molar-refractivity contribution < 1.29 is 0 Å². The maximum Gasteiger partial charge on any atom is 0.191 e. The molecule has 2 aromatic heterocycles. The summed E-state index contributed by atoms with van der Waals surface area (Å²) in [4.78, 5) is 9.41. The topological polar surface area (TPSA) is 67.1 Å². The Morgan fingerprint density at radius 1 is 1.17 bits per heavy atom. The quantitative estimate of drug-likeness (QED) is 0.263. The maximum absolute atomic E-state index is 4.72. The van der Waals surface area contributed by atoms with Crippen molar-refractivity contribution in [3.63, 3.8) is 0 Å². The van der Waals surface area contributed by atoms with Gasteiger partial charge in [0.15, 0.2) is 5.96 Å². The predicted molar refractivity (Wildman–Crippen MR) is 136 cm³/mol. The van der Waals surface area contributed by atoms with Crippen molar-refractivity contribution in [2.24, 2.45) is 4.99 Å². The number of hydrogen-bond donors (Lipinski definition) is 2.